The fourth-order valence-corrected chi connectivity index (χ4v) is 3.95. The van der Waals surface area contributed by atoms with Gasteiger partial charge in [-0.25, -0.2) is 0 Å². The van der Waals surface area contributed by atoms with Crippen molar-refractivity contribution in [3.63, 3.8) is 0 Å². The first kappa shape index (κ1) is 18.6. The Kier molecular flexibility index (Phi) is 4.44. The van der Waals surface area contributed by atoms with Crippen LogP contribution in [0.1, 0.15) is 29.7 Å². The average Bonchev–Trinajstić information content (AvgIpc) is 3.46. The Hall–Kier alpha value is -3.38. The predicted molar refractivity (Wildman–Crippen MR) is 112 cm³/mol. The van der Waals surface area contributed by atoms with Crippen molar-refractivity contribution in [2.24, 2.45) is 0 Å². The number of aliphatic hydroxyl groups is 1. The molecule has 2 aromatic carbocycles. The van der Waals surface area contributed by atoms with E-state index in [4.69, 9.17) is 9.47 Å². The summed E-state index contributed by atoms with van der Waals surface area (Å²) in [5, 5.41) is 12.5. The first-order chi connectivity index (χ1) is 14.6. The average molecular weight is 402 g/mol. The Morgan fingerprint density at radius 3 is 2.77 bits per heavy atom. The van der Waals surface area contributed by atoms with Gasteiger partial charge in [0.25, 0.3) is 0 Å². The minimum absolute atomic E-state index is 0.0191. The number of fused-ring (bicyclic) bond motifs is 1. The Morgan fingerprint density at radius 1 is 1.13 bits per heavy atom. The first-order valence-corrected chi connectivity index (χ1v) is 9.97. The Morgan fingerprint density at radius 2 is 1.97 bits per heavy atom. The lowest BCUT2D eigenvalue weighted by atomic mass is 9.94. The van der Waals surface area contributed by atoms with Gasteiger partial charge in [-0.1, -0.05) is 24.3 Å². The maximum atomic E-state index is 13.2. The monoisotopic (exact) mass is 402 g/mol. The molecule has 1 fully saturated rings. The molecular weight excluding hydrogens is 380 g/mol. The van der Waals surface area contributed by atoms with Crippen LogP contribution in [-0.2, 0) is 16.8 Å². The number of nitrogens with one attached hydrogen (secondary N) is 1. The van der Waals surface area contributed by atoms with E-state index in [-0.39, 0.29) is 19.3 Å². The molecule has 0 bridgehead atoms. The van der Waals surface area contributed by atoms with Gasteiger partial charge in [0.2, 0.25) is 12.7 Å². The van der Waals surface area contributed by atoms with Gasteiger partial charge in [0.05, 0.1) is 23.9 Å². The third-order valence-electron chi connectivity index (χ3n) is 5.88. The third kappa shape index (κ3) is 3.19. The molecule has 1 saturated carbocycles. The lowest BCUT2D eigenvalue weighted by molar-refractivity contribution is -0.118. The molecule has 5 rings (SSSR count). The number of aromatic nitrogens is 1. The number of aryl methyl sites for hydroxylation is 1. The van der Waals surface area contributed by atoms with Crippen LogP contribution in [0.3, 0.4) is 0 Å². The van der Waals surface area contributed by atoms with Gasteiger partial charge in [-0.15, -0.1) is 0 Å². The molecule has 1 aliphatic carbocycles. The van der Waals surface area contributed by atoms with Crippen LogP contribution in [0.5, 0.6) is 11.5 Å². The van der Waals surface area contributed by atoms with Gasteiger partial charge in [0.15, 0.2) is 11.5 Å². The summed E-state index contributed by atoms with van der Waals surface area (Å²) < 4.78 is 10.9. The van der Waals surface area contributed by atoms with Gasteiger partial charge >= 0.3 is 0 Å². The number of aliphatic hydroxyl groups excluding tert-OH is 1. The summed E-state index contributed by atoms with van der Waals surface area (Å²) >= 11 is 0. The molecule has 0 radical (unpaired) electrons. The zero-order chi connectivity index (χ0) is 20.7. The molecule has 6 heteroatoms. The molecule has 152 valence electrons. The standard InChI is InChI=1S/C24H22N2O4/c1-15-20(17-4-2-3-16(9-17)13-27)11-19(12-25-15)26-23(28)24(7-8-24)18-5-6-21-22(10-18)30-14-29-21/h2-6,9-12,27H,7-8,13-14H2,1H3,(H,26,28). The fraction of sp³-hybridized carbons (Fsp3) is 0.250. The lowest BCUT2D eigenvalue weighted by Crippen LogP contribution is -2.27. The van der Waals surface area contributed by atoms with Gasteiger partial charge in [0, 0.05) is 11.3 Å². The second-order valence-corrected chi connectivity index (χ2v) is 7.82. The van der Waals surface area contributed by atoms with Gasteiger partial charge in [-0.05, 0) is 60.7 Å². The quantitative estimate of drug-likeness (QED) is 0.676. The minimum atomic E-state index is -0.539. The first-order valence-electron chi connectivity index (χ1n) is 9.97. The molecule has 0 unspecified atom stereocenters. The molecule has 30 heavy (non-hydrogen) atoms. The number of hydrogen-bond donors (Lipinski definition) is 2. The number of carbonyl (C=O) groups excluding carboxylic acids is 1. The molecule has 1 amide bonds. The van der Waals surface area contributed by atoms with E-state index in [0.29, 0.717) is 17.2 Å². The number of ether oxygens (including phenoxy) is 2. The van der Waals surface area contributed by atoms with E-state index in [1.165, 1.54) is 0 Å². The molecular formula is C24H22N2O4. The van der Waals surface area contributed by atoms with Gasteiger partial charge in [-0.3, -0.25) is 9.78 Å². The summed E-state index contributed by atoms with van der Waals surface area (Å²) in [7, 11) is 0. The molecule has 1 aromatic heterocycles. The second-order valence-electron chi connectivity index (χ2n) is 7.82. The van der Waals surface area contributed by atoms with Crippen LogP contribution in [0.4, 0.5) is 5.69 Å². The molecule has 1 aliphatic heterocycles. The normalized spacial score (nSPS) is 15.7. The number of nitrogens with zero attached hydrogens (tertiary/aromatic N) is 1. The molecule has 2 heterocycles. The van der Waals surface area contributed by atoms with Crippen molar-refractivity contribution in [2.45, 2.75) is 31.8 Å². The van der Waals surface area contributed by atoms with Crippen LogP contribution < -0.4 is 14.8 Å². The molecule has 0 saturated heterocycles. The van der Waals surface area contributed by atoms with E-state index in [2.05, 4.69) is 10.3 Å². The summed E-state index contributed by atoms with van der Waals surface area (Å²) in [6.45, 7) is 2.13. The lowest BCUT2D eigenvalue weighted by Gasteiger charge is -2.17. The maximum absolute atomic E-state index is 13.2. The molecule has 3 aromatic rings. The zero-order valence-electron chi connectivity index (χ0n) is 16.6. The third-order valence-corrected chi connectivity index (χ3v) is 5.88. The van der Waals surface area contributed by atoms with Crippen LogP contribution in [0.15, 0.2) is 54.7 Å². The van der Waals surface area contributed by atoms with Crippen LogP contribution in [0, 0.1) is 6.92 Å². The van der Waals surface area contributed by atoms with Crippen molar-refractivity contribution >= 4 is 11.6 Å². The summed E-state index contributed by atoms with van der Waals surface area (Å²) in [5.41, 5.74) is 4.64. The molecule has 0 spiro atoms. The topological polar surface area (TPSA) is 80.7 Å². The summed E-state index contributed by atoms with van der Waals surface area (Å²) in [6.07, 6.45) is 3.27. The van der Waals surface area contributed by atoms with E-state index in [9.17, 15) is 9.90 Å². The Balaban J connectivity index is 1.41. The van der Waals surface area contributed by atoms with Crippen LogP contribution >= 0.6 is 0 Å². The van der Waals surface area contributed by atoms with E-state index in [0.717, 1.165) is 40.8 Å². The van der Waals surface area contributed by atoms with Crippen molar-refractivity contribution in [3.8, 4) is 22.6 Å². The predicted octanol–water partition coefficient (Wildman–Crippen LogP) is 3.95. The van der Waals surface area contributed by atoms with Gasteiger partial charge < -0.3 is 19.9 Å². The highest BCUT2D eigenvalue weighted by Crippen LogP contribution is 2.51. The number of hydrogen-bond acceptors (Lipinski definition) is 5. The van der Waals surface area contributed by atoms with Gasteiger partial charge in [0.1, 0.15) is 0 Å². The summed E-state index contributed by atoms with van der Waals surface area (Å²) in [4.78, 5) is 17.7. The highest BCUT2D eigenvalue weighted by atomic mass is 16.7. The highest BCUT2D eigenvalue weighted by Gasteiger charge is 2.51. The number of benzene rings is 2. The molecule has 6 nitrogen and oxygen atoms in total. The number of amides is 1. The highest BCUT2D eigenvalue weighted by molar-refractivity contribution is 6.01. The largest absolute Gasteiger partial charge is 0.454 e. The smallest absolute Gasteiger partial charge is 0.235 e. The van der Waals surface area contributed by atoms with Crippen molar-refractivity contribution in [1.29, 1.82) is 0 Å². The maximum Gasteiger partial charge on any atom is 0.235 e. The van der Waals surface area contributed by atoms with Crippen LogP contribution in [-0.4, -0.2) is 22.8 Å². The second kappa shape index (κ2) is 7.15. The summed E-state index contributed by atoms with van der Waals surface area (Å²) in [6, 6.07) is 15.4. The Bertz CT molecular complexity index is 1140. The molecule has 2 N–H and O–H groups in total. The SMILES string of the molecule is Cc1ncc(NC(=O)C2(c3ccc4c(c3)OCO4)CC2)cc1-c1cccc(CO)c1. The van der Waals surface area contributed by atoms with Gasteiger partial charge in [-0.2, -0.15) is 0 Å². The van der Waals surface area contributed by atoms with E-state index in [1.54, 1.807) is 6.20 Å². The van der Waals surface area contributed by atoms with Crippen LogP contribution in [0.2, 0.25) is 0 Å². The zero-order valence-corrected chi connectivity index (χ0v) is 16.6. The minimum Gasteiger partial charge on any atom is -0.454 e. The van der Waals surface area contributed by atoms with E-state index < -0.39 is 5.41 Å². The van der Waals surface area contributed by atoms with Crippen molar-refractivity contribution in [1.82, 2.24) is 4.98 Å². The molecule has 0 atom stereocenters. The van der Waals surface area contributed by atoms with Crippen molar-refractivity contribution < 1.29 is 19.4 Å². The number of carbonyl (C=O) groups is 1. The van der Waals surface area contributed by atoms with E-state index in [1.807, 2.05) is 55.5 Å². The number of pyridine rings is 1. The molecule has 2 aliphatic rings. The van der Waals surface area contributed by atoms with Crippen molar-refractivity contribution in [2.75, 3.05) is 12.1 Å². The summed E-state index contributed by atoms with van der Waals surface area (Å²) in [5.74, 6) is 1.36. The van der Waals surface area contributed by atoms with Crippen molar-refractivity contribution in [3.05, 3.63) is 71.5 Å². The fourth-order valence-electron chi connectivity index (χ4n) is 3.95. The number of anilines is 1. The van der Waals surface area contributed by atoms with Crippen LogP contribution in [0.25, 0.3) is 11.1 Å². The van der Waals surface area contributed by atoms with E-state index >= 15 is 0 Å². The Labute approximate surface area is 174 Å². The number of rotatable bonds is 5.